The number of rotatable bonds is 4. The number of aliphatic hydroxyl groups is 1. The average Bonchev–Trinajstić information content (AvgIpc) is 1.98. The quantitative estimate of drug-likeness (QED) is 0.600. The molecule has 0 bridgehead atoms. The van der Waals surface area contributed by atoms with Gasteiger partial charge in [0.2, 0.25) is 0 Å². The van der Waals surface area contributed by atoms with Crippen LogP contribution in [0.15, 0.2) is 11.1 Å². The lowest BCUT2D eigenvalue weighted by Crippen LogP contribution is -2.08. The summed E-state index contributed by atoms with van der Waals surface area (Å²) in [4.78, 5) is 21.3. The molecule has 2 N–H and O–H groups in total. The van der Waals surface area contributed by atoms with Crippen LogP contribution < -0.4 is 0 Å². The topological polar surface area (TPSA) is 74.6 Å². The zero-order valence-electron chi connectivity index (χ0n) is 7.13. The van der Waals surface area contributed by atoms with Gasteiger partial charge in [-0.15, -0.1) is 0 Å². The Kier molecular flexibility index (Phi) is 4.21. The summed E-state index contributed by atoms with van der Waals surface area (Å²) in [6.07, 6.45) is 0.105. The molecule has 0 aliphatic rings. The van der Waals surface area contributed by atoms with Crippen LogP contribution in [0.2, 0.25) is 0 Å². The van der Waals surface area contributed by atoms with Crippen molar-refractivity contribution >= 4 is 11.8 Å². The number of carboxylic acids is 1. The van der Waals surface area contributed by atoms with Gasteiger partial charge in [-0.3, -0.25) is 4.79 Å². The number of aliphatic carboxylic acids is 1. The number of ketones is 1. The van der Waals surface area contributed by atoms with E-state index in [1.807, 2.05) is 0 Å². The maximum Gasteiger partial charge on any atom is 0.331 e. The van der Waals surface area contributed by atoms with E-state index in [0.717, 1.165) is 0 Å². The predicted molar refractivity (Wildman–Crippen MR) is 42.7 cm³/mol. The smallest absolute Gasteiger partial charge is 0.331 e. The average molecular weight is 172 g/mol. The van der Waals surface area contributed by atoms with E-state index < -0.39 is 5.97 Å². The first-order chi connectivity index (χ1) is 5.50. The fourth-order valence-corrected chi connectivity index (χ4v) is 0.868. The van der Waals surface area contributed by atoms with E-state index in [1.54, 1.807) is 0 Å². The summed E-state index contributed by atoms with van der Waals surface area (Å²) in [5.41, 5.74) is 0.196. The van der Waals surface area contributed by atoms with Crippen LogP contribution in [0.25, 0.3) is 0 Å². The van der Waals surface area contributed by atoms with E-state index in [-0.39, 0.29) is 30.0 Å². The molecule has 0 aromatic carbocycles. The van der Waals surface area contributed by atoms with Crippen molar-refractivity contribution in [3.8, 4) is 0 Å². The summed E-state index contributed by atoms with van der Waals surface area (Å²) in [6, 6.07) is 0. The molecule has 68 valence electrons. The molecule has 4 heteroatoms. The molecule has 0 aliphatic heterocycles. The first kappa shape index (κ1) is 10.8. The number of Topliss-reactive ketones (excluding diaryl/α,β-unsaturated/α-hetero) is 1. The third kappa shape index (κ3) is 2.84. The van der Waals surface area contributed by atoms with Gasteiger partial charge in [0.05, 0.1) is 0 Å². The molecule has 0 saturated heterocycles. The van der Waals surface area contributed by atoms with Crippen LogP contribution in [0, 0.1) is 0 Å². The molecule has 0 amide bonds. The minimum Gasteiger partial charge on any atom is -0.478 e. The lowest BCUT2D eigenvalue weighted by Gasteiger charge is -2.03. The molecular formula is C8H12O4. The maximum absolute atomic E-state index is 10.8. The van der Waals surface area contributed by atoms with Crippen LogP contribution in [0.1, 0.15) is 20.3 Å². The Morgan fingerprint density at radius 1 is 1.25 bits per heavy atom. The van der Waals surface area contributed by atoms with Crippen molar-refractivity contribution in [2.75, 3.05) is 6.61 Å². The molecule has 0 heterocycles. The Labute approximate surface area is 70.5 Å². The lowest BCUT2D eigenvalue weighted by atomic mass is 10.0. The molecule has 4 nitrogen and oxygen atoms in total. The van der Waals surface area contributed by atoms with E-state index in [2.05, 4.69) is 0 Å². The van der Waals surface area contributed by atoms with Gasteiger partial charge < -0.3 is 10.2 Å². The van der Waals surface area contributed by atoms with Crippen LogP contribution in [0.4, 0.5) is 0 Å². The van der Waals surface area contributed by atoms with Crippen molar-refractivity contribution in [2.24, 2.45) is 0 Å². The van der Waals surface area contributed by atoms with E-state index in [4.69, 9.17) is 10.2 Å². The molecule has 12 heavy (non-hydrogen) atoms. The van der Waals surface area contributed by atoms with E-state index in [1.165, 1.54) is 13.8 Å². The molecule has 0 fully saturated rings. The second kappa shape index (κ2) is 4.66. The predicted octanol–water partition coefficient (Wildman–Crippen LogP) is 0.359. The van der Waals surface area contributed by atoms with Gasteiger partial charge in [0.1, 0.15) is 0 Å². The third-order valence-corrected chi connectivity index (χ3v) is 1.56. The van der Waals surface area contributed by atoms with Gasteiger partial charge in [-0.25, -0.2) is 4.79 Å². The molecule has 0 spiro atoms. The van der Waals surface area contributed by atoms with E-state index in [9.17, 15) is 9.59 Å². The highest BCUT2D eigenvalue weighted by molar-refractivity contribution is 6.01. The van der Waals surface area contributed by atoms with Crippen molar-refractivity contribution in [2.45, 2.75) is 20.3 Å². The van der Waals surface area contributed by atoms with Gasteiger partial charge in [-0.1, -0.05) is 0 Å². The Balaban J connectivity index is 4.80. The van der Waals surface area contributed by atoms with Gasteiger partial charge in [-0.2, -0.15) is 0 Å². The van der Waals surface area contributed by atoms with Crippen molar-refractivity contribution in [1.82, 2.24) is 0 Å². The number of carbonyl (C=O) groups is 2. The number of hydrogen-bond donors (Lipinski definition) is 2. The fourth-order valence-electron chi connectivity index (χ4n) is 0.868. The molecule has 0 saturated carbocycles. The van der Waals surface area contributed by atoms with Gasteiger partial charge in [0, 0.05) is 17.8 Å². The maximum atomic E-state index is 10.8. The second-order valence-corrected chi connectivity index (χ2v) is 2.44. The van der Waals surface area contributed by atoms with Crippen molar-refractivity contribution in [3.63, 3.8) is 0 Å². The molecule has 0 unspecified atom stereocenters. The number of carbonyl (C=O) groups excluding carboxylic acids is 1. The highest BCUT2D eigenvalue weighted by Gasteiger charge is 2.12. The first-order valence-electron chi connectivity index (χ1n) is 3.55. The summed E-state index contributed by atoms with van der Waals surface area (Å²) in [5, 5.41) is 17.1. The van der Waals surface area contributed by atoms with Crippen LogP contribution in [-0.2, 0) is 9.59 Å². The Morgan fingerprint density at radius 2 is 1.75 bits per heavy atom. The normalized spacial score (nSPS) is 12.2. The Hall–Kier alpha value is -1.16. The highest BCUT2D eigenvalue weighted by Crippen LogP contribution is 2.09. The Bertz CT molecular complexity index is 227. The van der Waals surface area contributed by atoms with Gasteiger partial charge in [0.15, 0.2) is 5.78 Å². The summed E-state index contributed by atoms with van der Waals surface area (Å²) >= 11 is 0. The third-order valence-electron chi connectivity index (χ3n) is 1.56. The van der Waals surface area contributed by atoms with Crippen molar-refractivity contribution in [3.05, 3.63) is 11.1 Å². The highest BCUT2D eigenvalue weighted by atomic mass is 16.4. The Morgan fingerprint density at radius 3 is 2.00 bits per heavy atom. The summed E-state index contributed by atoms with van der Waals surface area (Å²) < 4.78 is 0. The molecule has 0 aliphatic carbocycles. The van der Waals surface area contributed by atoms with E-state index >= 15 is 0 Å². The number of hydrogen-bond acceptors (Lipinski definition) is 3. The van der Waals surface area contributed by atoms with Gasteiger partial charge >= 0.3 is 5.97 Å². The first-order valence-corrected chi connectivity index (χ1v) is 3.55. The van der Waals surface area contributed by atoms with E-state index in [0.29, 0.717) is 0 Å². The van der Waals surface area contributed by atoms with Crippen molar-refractivity contribution in [1.29, 1.82) is 0 Å². The number of carboxylic acid groups (broad SMARTS) is 1. The van der Waals surface area contributed by atoms with Crippen LogP contribution in [-0.4, -0.2) is 28.6 Å². The zero-order chi connectivity index (χ0) is 9.72. The monoisotopic (exact) mass is 172 g/mol. The van der Waals surface area contributed by atoms with Gasteiger partial charge in [-0.05, 0) is 20.3 Å². The molecule has 0 aromatic rings. The minimum atomic E-state index is -1.12. The molecular weight excluding hydrogens is 160 g/mol. The largest absolute Gasteiger partial charge is 0.478 e. The van der Waals surface area contributed by atoms with Gasteiger partial charge in [0.25, 0.3) is 0 Å². The zero-order valence-corrected chi connectivity index (χ0v) is 7.13. The molecule has 0 atom stereocenters. The lowest BCUT2D eigenvalue weighted by molar-refractivity contribution is -0.133. The van der Waals surface area contributed by atoms with Crippen LogP contribution in [0.3, 0.4) is 0 Å². The second-order valence-electron chi connectivity index (χ2n) is 2.44. The number of aliphatic hydroxyl groups excluding tert-OH is 1. The SMILES string of the molecule is CC(=O)C(CCO)=C(C)C(=O)O. The fraction of sp³-hybridized carbons (Fsp3) is 0.500. The summed E-state index contributed by atoms with van der Waals surface area (Å²) in [5.74, 6) is -1.42. The molecule has 0 rings (SSSR count). The summed E-state index contributed by atoms with van der Waals surface area (Å²) in [6.45, 7) is 2.44. The summed E-state index contributed by atoms with van der Waals surface area (Å²) in [7, 11) is 0. The molecule has 0 aromatic heterocycles. The standard InChI is InChI=1S/C8H12O4/c1-5(8(11)12)7(3-4-9)6(2)10/h9H,3-4H2,1-2H3,(H,11,12). The van der Waals surface area contributed by atoms with Crippen LogP contribution >= 0.6 is 0 Å². The van der Waals surface area contributed by atoms with Crippen LogP contribution in [0.5, 0.6) is 0 Å². The minimum absolute atomic E-state index is 0.0107. The van der Waals surface area contributed by atoms with Crippen molar-refractivity contribution < 1.29 is 19.8 Å². The molecule has 0 radical (unpaired) electrons.